The molecule has 0 aliphatic heterocycles. The Labute approximate surface area is 387 Å². The zero-order valence-electron chi connectivity index (χ0n) is 40.5. The number of ether oxygens (including phenoxy) is 3. The molecule has 356 valence electrons. The van der Waals surface area contributed by atoms with Crippen molar-refractivity contribution in [3.63, 3.8) is 0 Å². The van der Waals surface area contributed by atoms with Gasteiger partial charge in [-0.15, -0.1) is 0 Å². The van der Waals surface area contributed by atoms with E-state index in [2.05, 4.69) is 130 Å². The lowest BCUT2D eigenvalue weighted by atomic mass is 10.1. The minimum atomic E-state index is -0.810. The van der Waals surface area contributed by atoms with Gasteiger partial charge in [0.15, 0.2) is 6.10 Å². The molecule has 0 bridgehead atoms. The van der Waals surface area contributed by atoms with E-state index in [1.54, 1.807) is 0 Å². The van der Waals surface area contributed by atoms with Gasteiger partial charge in [0, 0.05) is 19.3 Å². The number of esters is 3. The maximum atomic E-state index is 12.8. The summed E-state index contributed by atoms with van der Waals surface area (Å²) in [6, 6.07) is 0. The summed E-state index contributed by atoms with van der Waals surface area (Å²) in [5.74, 6) is -0.993. The van der Waals surface area contributed by atoms with Crippen molar-refractivity contribution in [1.29, 1.82) is 0 Å². The molecule has 0 aromatic rings. The van der Waals surface area contributed by atoms with Crippen molar-refractivity contribution < 1.29 is 28.6 Å². The van der Waals surface area contributed by atoms with Crippen LogP contribution in [0.25, 0.3) is 0 Å². The number of carbonyl (C=O) groups is 3. The van der Waals surface area contributed by atoms with Crippen LogP contribution in [0, 0.1) is 0 Å². The summed E-state index contributed by atoms with van der Waals surface area (Å²) >= 11 is 0. The van der Waals surface area contributed by atoms with Crippen molar-refractivity contribution in [2.75, 3.05) is 13.2 Å². The summed E-state index contributed by atoms with van der Waals surface area (Å²) in [5, 5.41) is 0. The predicted octanol–water partition coefficient (Wildman–Crippen LogP) is 16.8. The highest BCUT2D eigenvalue weighted by molar-refractivity contribution is 5.71. The third-order valence-corrected chi connectivity index (χ3v) is 10.2. The molecule has 6 heteroatoms. The third kappa shape index (κ3) is 49.0. The smallest absolute Gasteiger partial charge is 0.306 e. The number of hydrogen-bond donors (Lipinski definition) is 0. The average Bonchev–Trinajstić information content (AvgIpc) is 3.28. The van der Waals surface area contributed by atoms with E-state index in [1.807, 2.05) is 0 Å². The molecule has 0 heterocycles. The van der Waals surface area contributed by atoms with E-state index in [0.717, 1.165) is 116 Å². The molecule has 63 heavy (non-hydrogen) atoms. The third-order valence-electron chi connectivity index (χ3n) is 10.2. The van der Waals surface area contributed by atoms with Crippen molar-refractivity contribution >= 4 is 17.9 Å². The Morgan fingerprint density at radius 1 is 0.333 bits per heavy atom. The van der Waals surface area contributed by atoms with Crippen molar-refractivity contribution in [2.24, 2.45) is 0 Å². The van der Waals surface area contributed by atoms with E-state index in [0.29, 0.717) is 19.3 Å². The van der Waals surface area contributed by atoms with Crippen molar-refractivity contribution in [3.8, 4) is 0 Å². The molecule has 1 unspecified atom stereocenters. The van der Waals surface area contributed by atoms with E-state index >= 15 is 0 Å². The summed E-state index contributed by atoms with van der Waals surface area (Å²) in [5.41, 5.74) is 0. The Morgan fingerprint density at radius 2 is 0.635 bits per heavy atom. The maximum Gasteiger partial charge on any atom is 0.306 e. The summed E-state index contributed by atoms with van der Waals surface area (Å²) in [6.07, 6.45) is 67.9. The number of hydrogen-bond acceptors (Lipinski definition) is 6. The summed E-state index contributed by atoms with van der Waals surface area (Å²) in [7, 11) is 0. The molecule has 0 saturated heterocycles. The Kier molecular flexibility index (Phi) is 47.5. The van der Waals surface area contributed by atoms with Crippen LogP contribution in [-0.4, -0.2) is 37.2 Å². The molecule has 0 rings (SSSR count). The fourth-order valence-electron chi connectivity index (χ4n) is 6.47. The molecule has 0 aliphatic rings. The second-order valence-corrected chi connectivity index (χ2v) is 16.3. The minimum Gasteiger partial charge on any atom is -0.462 e. The highest BCUT2D eigenvalue weighted by Gasteiger charge is 2.19. The van der Waals surface area contributed by atoms with Crippen LogP contribution in [0.4, 0.5) is 0 Å². The molecule has 1 atom stereocenters. The number of allylic oxidation sites excluding steroid dienone is 18. The largest absolute Gasteiger partial charge is 0.462 e. The van der Waals surface area contributed by atoms with E-state index < -0.39 is 6.10 Å². The second-order valence-electron chi connectivity index (χ2n) is 16.3. The molecule has 0 radical (unpaired) electrons. The van der Waals surface area contributed by atoms with Crippen LogP contribution < -0.4 is 0 Å². The lowest BCUT2D eigenvalue weighted by Gasteiger charge is -2.18. The van der Waals surface area contributed by atoms with Crippen molar-refractivity contribution in [3.05, 3.63) is 109 Å². The van der Waals surface area contributed by atoms with E-state index in [-0.39, 0.29) is 37.5 Å². The maximum absolute atomic E-state index is 12.8. The fourth-order valence-corrected chi connectivity index (χ4v) is 6.47. The van der Waals surface area contributed by atoms with E-state index in [9.17, 15) is 14.4 Å². The quantitative estimate of drug-likeness (QED) is 0.0263. The molecule has 0 aromatic carbocycles. The molecule has 0 fully saturated rings. The summed E-state index contributed by atoms with van der Waals surface area (Å²) < 4.78 is 16.7. The SMILES string of the molecule is CC/C=C\C/C=C\C/C=C\C/C=C\C/C=C\CCCC(=O)OCC(COC(=O)CCCCCCC/C=C\CCCC)OC(=O)CCCCCCCCC/C=C\C/C=C\C/C=C\CC. The van der Waals surface area contributed by atoms with Gasteiger partial charge < -0.3 is 14.2 Å². The van der Waals surface area contributed by atoms with Gasteiger partial charge in [-0.3, -0.25) is 14.4 Å². The van der Waals surface area contributed by atoms with E-state index in [1.165, 1.54) is 51.4 Å². The Hall–Kier alpha value is -3.93. The van der Waals surface area contributed by atoms with Crippen LogP contribution >= 0.6 is 0 Å². The van der Waals surface area contributed by atoms with Gasteiger partial charge in [0.2, 0.25) is 0 Å². The van der Waals surface area contributed by atoms with Gasteiger partial charge >= 0.3 is 17.9 Å². The van der Waals surface area contributed by atoms with Gasteiger partial charge in [-0.25, -0.2) is 0 Å². The van der Waals surface area contributed by atoms with Gasteiger partial charge in [-0.1, -0.05) is 194 Å². The standard InChI is InChI=1S/C57H92O6/c1-4-7-10-13-16-19-22-24-26-28-30-32-35-38-41-44-47-50-56(59)62-53-54(52-61-55(58)49-46-43-40-37-34-21-18-15-12-9-6-3)63-57(60)51-48-45-42-39-36-33-31-29-27-25-23-20-17-14-11-8-5-2/h7-8,10-11,15-20,24-27,30,32,38,41,54H,4-6,9,12-14,21-23,28-29,31,33-37,39-40,42-53H2,1-3H3/b10-7-,11-8-,18-15-,19-16-,20-17-,26-24-,27-25-,32-30-,41-38-. The monoisotopic (exact) mass is 873 g/mol. The van der Waals surface area contributed by atoms with Gasteiger partial charge in [0.1, 0.15) is 13.2 Å². The molecule has 0 aromatic heterocycles. The highest BCUT2D eigenvalue weighted by atomic mass is 16.6. The van der Waals surface area contributed by atoms with E-state index in [4.69, 9.17) is 14.2 Å². The number of carbonyl (C=O) groups excluding carboxylic acids is 3. The number of rotatable bonds is 44. The Bertz CT molecular complexity index is 1330. The summed E-state index contributed by atoms with van der Waals surface area (Å²) in [6.45, 7) is 6.29. The minimum absolute atomic E-state index is 0.106. The molecular formula is C57H92O6. The van der Waals surface area contributed by atoms with Gasteiger partial charge in [0.05, 0.1) is 0 Å². The fraction of sp³-hybridized carbons (Fsp3) is 0.632. The average molecular weight is 873 g/mol. The zero-order chi connectivity index (χ0) is 45.8. The lowest BCUT2D eigenvalue weighted by molar-refractivity contribution is -0.167. The van der Waals surface area contributed by atoms with Crippen LogP contribution in [0.3, 0.4) is 0 Å². The summed E-state index contributed by atoms with van der Waals surface area (Å²) in [4.78, 5) is 37.9. The van der Waals surface area contributed by atoms with Crippen LogP contribution in [0.5, 0.6) is 0 Å². The molecule has 0 spiro atoms. The molecular weight excluding hydrogens is 781 g/mol. The lowest BCUT2D eigenvalue weighted by Crippen LogP contribution is -2.30. The van der Waals surface area contributed by atoms with Crippen LogP contribution in [0.2, 0.25) is 0 Å². The first-order valence-corrected chi connectivity index (χ1v) is 25.4. The molecule has 0 aliphatic carbocycles. The van der Waals surface area contributed by atoms with Crippen molar-refractivity contribution in [2.45, 2.75) is 219 Å². The first kappa shape index (κ1) is 59.1. The number of unbranched alkanes of at least 4 members (excludes halogenated alkanes) is 15. The molecule has 0 amide bonds. The molecule has 0 N–H and O–H groups in total. The zero-order valence-corrected chi connectivity index (χ0v) is 40.5. The van der Waals surface area contributed by atoms with Crippen LogP contribution in [-0.2, 0) is 28.6 Å². The highest BCUT2D eigenvalue weighted by Crippen LogP contribution is 2.13. The first-order chi connectivity index (χ1) is 31.0. The van der Waals surface area contributed by atoms with Gasteiger partial charge in [0.25, 0.3) is 0 Å². The molecule has 6 nitrogen and oxygen atoms in total. The normalized spacial score (nSPS) is 13.0. The van der Waals surface area contributed by atoms with Gasteiger partial charge in [-0.05, 0) is 109 Å². The predicted molar refractivity (Wildman–Crippen MR) is 270 cm³/mol. The first-order valence-electron chi connectivity index (χ1n) is 25.4. The second kappa shape index (κ2) is 50.7. The van der Waals surface area contributed by atoms with Crippen LogP contribution in [0.15, 0.2) is 109 Å². The Balaban J connectivity index is 4.50. The van der Waals surface area contributed by atoms with Crippen molar-refractivity contribution in [1.82, 2.24) is 0 Å². The molecule has 0 saturated carbocycles. The van der Waals surface area contributed by atoms with Gasteiger partial charge in [-0.2, -0.15) is 0 Å². The van der Waals surface area contributed by atoms with Crippen LogP contribution in [0.1, 0.15) is 213 Å². The Morgan fingerprint density at radius 3 is 1.05 bits per heavy atom. The topological polar surface area (TPSA) is 78.9 Å².